The summed E-state index contributed by atoms with van der Waals surface area (Å²) in [5.74, 6) is -0.0784. The molecule has 0 spiro atoms. The third-order valence-corrected chi connectivity index (χ3v) is 4.54. The first kappa shape index (κ1) is 13.7. The van der Waals surface area contributed by atoms with Crippen molar-refractivity contribution in [3.8, 4) is 6.07 Å². The number of likely N-dealkylation sites (tertiary alicyclic amines) is 1. The number of hydrogen-bond donors (Lipinski definition) is 1. The fourth-order valence-electron chi connectivity index (χ4n) is 3.28. The predicted octanol–water partition coefficient (Wildman–Crippen LogP) is 0.969. The van der Waals surface area contributed by atoms with Crippen molar-refractivity contribution in [2.75, 3.05) is 20.1 Å². The lowest BCUT2D eigenvalue weighted by Gasteiger charge is -2.29. The zero-order chi connectivity index (χ0) is 15.0. The molecule has 1 aromatic heterocycles. The van der Waals surface area contributed by atoms with Crippen LogP contribution >= 0.6 is 0 Å². The molecular formula is C15H18N4O2. The molecule has 2 aliphatic rings. The number of carbonyl (C=O) groups is 2. The highest BCUT2D eigenvalue weighted by Crippen LogP contribution is 2.27. The van der Waals surface area contributed by atoms with Crippen molar-refractivity contribution >= 4 is 11.8 Å². The Hall–Kier alpha value is -2.29. The second-order valence-corrected chi connectivity index (χ2v) is 5.85. The minimum absolute atomic E-state index is 0.0966. The zero-order valence-electron chi connectivity index (χ0n) is 12.0. The summed E-state index contributed by atoms with van der Waals surface area (Å²) in [7, 11) is 1.84. The van der Waals surface area contributed by atoms with Crippen LogP contribution in [0, 0.1) is 17.2 Å². The fourth-order valence-corrected chi connectivity index (χ4v) is 3.28. The van der Waals surface area contributed by atoms with Crippen LogP contribution in [0.5, 0.6) is 0 Å². The van der Waals surface area contributed by atoms with Crippen LogP contribution in [0.3, 0.4) is 0 Å². The normalized spacial score (nSPS) is 25.4. The Morgan fingerprint density at radius 2 is 2.24 bits per heavy atom. The Balaban J connectivity index is 1.84. The lowest BCUT2D eigenvalue weighted by molar-refractivity contribution is -0.134. The van der Waals surface area contributed by atoms with E-state index in [1.165, 1.54) is 6.20 Å². The third kappa shape index (κ3) is 2.40. The van der Waals surface area contributed by atoms with Crippen LogP contribution in [0.2, 0.25) is 0 Å². The van der Waals surface area contributed by atoms with E-state index in [-0.39, 0.29) is 23.8 Å². The van der Waals surface area contributed by atoms with E-state index in [2.05, 4.69) is 4.98 Å². The second kappa shape index (κ2) is 5.24. The Kier molecular flexibility index (Phi) is 3.42. The number of nitriles is 1. The molecule has 2 fully saturated rings. The second-order valence-electron chi connectivity index (χ2n) is 5.85. The summed E-state index contributed by atoms with van der Waals surface area (Å²) in [6, 6.07) is 3.67. The molecule has 2 aliphatic heterocycles. The van der Waals surface area contributed by atoms with Crippen LogP contribution in [0.1, 0.15) is 35.3 Å². The first-order valence-electron chi connectivity index (χ1n) is 7.24. The highest BCUT2D eigenvalue weighted by Gasteiger charge is 2.38. The van der Waals surface area contributed by atoms with Crippen molar-refractivity contribution in [2.45, 2.75) is 25.3 Å². The van der Waals surface area contributed by atoms with Gasteiger partial charge in [0.1, 0.15) is 11.8 Å². The van der Waals surface area contributed by atoms with Gasteiger partial charge in [-0.05, 0) is 18.9 Å². The topological polar surface area (TPSA) is 80.2 Å². The van der Waals surface area contributed by atoms with Gasteiger partial charge in [0.25, 0.3) is 5.91 Å². The number of hydrogen-bond acceptors (Lipinski definition) is 3. The number of rotatable bonds is 1. The highest BCUT2D eigenvalue weighted by molar-refractivity contribution is 5.93. The van der Waals surface area contributed by atoms with E-state index in [0.717, 1.165) is 19.3 Å². The van der Waals surface area contributed by atoms with Gasteiger partial charge in [-0.15, -0.1) is 0 Å². The average Bonchev–Trinajstić information content (AvgIpc) is 2.86. The van der Waals surface area contributed by atoms with Crippen molar-refractivity contribution < 1.29 is 9.59 Å². The van der Waals surface area contributed by atoms with Gasteiger partial charge >= 0.3 is 0 Å². The van der Waals surface area contributed by atoms with Crippen molar-refractivity contribution in [1.82, 2.24) is 14.8 Å². The molecule has 0 aliphatic carbocycles. The molecule has 0 unspecified atom stereocenters. The number of fused-ring (bicyclic) bond motifs is 3. The monoisotopic (exact) mass is 286 g/mol. The molecule has 2 bridgehead atoms. The van der Waals surface area contributed by atoms with Crippen LogP contribution in [-0.2, 0) is 4.79 Å². The van der Waals surface area contributed by atoms with Gasteiger partial charge < -0.3 is 14.8 Å². The number of nitrogens with one attached hydrogen (secondary N) is 1. The average molecular weight is 286 g/mol. The van der Waals surface area contributed by atoms with E-state index in [9.17, 15) is 9.59 Å². The lowest BCUT2D eigenvalue weighted by atomic mass is 9.99. The lowest BCUT2D eigenvalue weighted by Crippen LogP contribution is -2.42. The fraction of sp³-hybridized carbons (Fsp3) is 0.533. The van der Waals surface area contributed by atoms with Crippen molar-refractivity contribution in [3.63, 3.8) is 0 Å². The van der Waals surface area contributed by atoms with Crippen LogP contribution < -0.4 is 0 Å². The van der Waals surface area contributed by atoms with Gasteiger partial charge in [-0.2, -0.15) is 5.26 Å². The Morgan fingerprint density at radius 1 is 1.43 bits per heavy atom. The number of carbonyl (C=O) groups excluding carboxylic acids is 2. The minimum Gasteiger partial charge on any atom is -0.356 e. The molecule has 2 atom stereocenters. The summed E-state index contributed by atoms with van der Waals surface area (Å²) in [5.41, 5.74) is 0.864. The largest absolute Gasteiger partial charge is 0.356 e. The number of aromatic nitrogens is 1. The quantitative estimate of drug-likeness (QED) is 0.835. The van der Waals surface area contributed by atoms with Crippen molar-refractivity contribution in [2.24, 2.45) is 5.92 Å². The molecular weight excluding hydrogens is 268 g/mol. The minimum atomic E-state index is -0.128. The summed E-state index contributed by atoms with van der Waals surface area (Å²) in [5, 5.41) is 8.84. The number of amides is 2. The Labute approximate surface area is 123 Å². The molecule has 1 aromatic rings. The van der Waals surface area contributed by atoms with Crippen LogP contribution in [0.15, 0.2) is 12.3 Å². The smallest absolute Gasteiger partial charge is 0.270 e. The first-order chi connectivity index (χ1) is 10.1. The van der Waals surface area contributed by atoms with Gasteiger partial charge in [0.15, 0.2) is 0 Å². The van der Waals surface area contributed by atoms with E-state index in [1.807, 2.05) is 13.1 Å². The van der Waals surface area contributed by atoms with E-state index < -0.39 is 0 Å². The molecule has 21 heavy (non-hydrogen) atoms. The van der Waals surface area contributed by atoms with Gasteiger partial charge in [0, 0.05) is 32.4 Å². The van der Waals surface area contributed by atoms with E-state index in [4.69, 9.17) is 5.26 Å². The molecule has 0 aromatic carbocycles. The number of likely N-dealkylation sites (N-methyl/N-ethyl adjacent to an activating group) is 1. The SMILES string of the molecule is CN1C(=O)[C@@H]2CCC[C@H]1CN(C(=O)c1cc(C#N)c[nH]1)C2. The molecule has 6 heteroatoms. The molecule has 3 rings (SSSR count). The molecule has 6 nitrogen and oxygen atoms in total. The van der Waals surface area contributed by atoms with Crippen molar-refractivity contribution in [1.29, 1.82) is 5.26 Å². The number of nitrogens with zero attached hydrogens (tertiary/aromatic N) is 3. The van der Waals surface area contributed by atoms with Gasteiger partial charge in [-0.3, -0.25) is 9.59 Å². The summed E-state index contributed by atoms with van der Waals surface area (Å²) in [4.78, 5) is 31.3. The maximum absolute atomic E-state index is 12.6. The molecule has 0 radical (unpaired) electrons. The molecule has 2 amide bonds. The van der Waals surface area contributed by atoms with E-state index in [0.29, 0.717) is 24.3 Å². The summed E-state index contributed by atoms with van der Waals surface area (Å²) in [6.45, 7) is 1.04. The van der Waals surface area contributed by atoms with Crippen molar-refractivity contribution in [3.05, 3.63) is 23.5 Å². The Morgan fingerprint density at radius 3 is 2.95 bits per heavy atom. The summed E-state index contributed by atoms with van der Waals surface area (Å²) in [6.07, 6.45) is 4.35. The number of aromatic amines is 1. The molecule has 2 saturated heterocycles. The maximum Gasteiger partial charge on any atom is 0.270 e. The summed E-state index contributed by atoms with van der Waals surface area (Å²) >= 11 is 0. The van der Waals surface area contributed by atoms with Gasteiger partial charge in [0.2, 0.25) is 5.91 Å². The highest BCUT2D eigenvalue weighted by atomic mass is 16.2. The number of H-pyrrole nitrogens is 1. The van der Waals surface area contributed by atoms with Gasteiger partial charge in [0.05, 0.1) is 11.5 Å². The molecule has 3 heterocycles. The van der Waals surface area contributed by atoms with Crippen LogP contribution in [0.25, 0.3) is 0 Å². The van der Waals surface area contributed by atoms with E-state index in [1.54, 1.807) is 15.9 Å². The standard InChI is InChI=1S/C15H18N4O2/c1-18-12-4-2-3-11(14(18)20)8-19(9-12)15(21)13-5-10(6-16)7-17-13/h5,7,11-12,17H,2-4,8-9H2,1H3/t11-,12+/m1/s1. The molecule has 0 saturated carbocycles. The van der Waals surface area contributed by atoms with E-state index >= 15 is 0 Å². The predicted molar refractivity (Wildman–Crippen MR) is 75.3 cm³/mol. The van der Waals surface area contributed by atoms with Gasteiger partial charge in [-0.1, -0.05) is 6.42 Å². The van der Waals surface area contributed by atoms with Crippen LogP contribution in [-0.4, -0.2) is 52.8 Å². The Bertz CT molecular complexity index is 615. The first-order valence-corrected chi connectivity index (χ1v) is 7.24. The molecule has 1 N–H and O–H groups in total. The molecule has 110 valence electrons. The summed E-state index contributed by atoms with van der Waals surface area (Å²) < 4.78 is 0. The van der Waals surface area contributed by atoms with Crippen LogP contribution in [0.4, 0.5) is 0 Å². The zero-order valence-corrected chi connectivity index (χ0v) is 12.0. The third-order valence-electron chi connectivity index (χ3n) is 4.54. The maximum atomic E-state index is 12.6. The van der Waals surface area contributed by atoms with Gasteiger partial charge in [-0.25, -0.2) is 0 Å².